The van der Waals surface area contributed by atoms with Gasteiger partial charge in [0, 0.05) is 38.1 Å². The van der Waals surface area contributed by atoms with Crippen molar-refractivity contribution in [3.05, 3.63) is 29.0 Å². The first-order chi connectivity index (χ1) is 10.2. The zero-order valence-electron chi connectivity index (χ0n) is 11.9. The van der Waals surface area contributed by atoms with Gasteiger partial charge in [0.25, 0.3) is 0 Å². The maximum atomic E-state index is 12.0. The van der Waals surface area contributed by atoms with Crippen molar-refractivity contribution in [2.75, 3.05) is 26.4 Å². The summed E-state index contributed by atoms with van der Waals surface area (Å²) in [6, 6.07) is 1.84. The third-order valence-corrected chi connectivity index (χ3v) is 4.06. The molecule has 2 heterocycles. The largest absolute Gasteiger partial charge is 0.396 e. The molecule has 21 heavy (non-hydrogen) atoms. The maximum absolute atomic E-state index is 12.0. The van der Waals surface area contributed by atoms with Crippen molar-refractivity contribution in [1.29, 1.82) is 0 Å². The van der Waals surface area contributed by atoms with Crippen LogP contribution < -0.4 is 5.32 Å². The van der Waals surface area contributed by atoms with Gasteiger partial charge in [-0.1, -0.05) is 11.6 Å². The Kier molecular flexibility index (Phi) is 6.42. The lowest BCUT2D eigenvalue weighted by Gasteiger charge is -2.23. The van der Waals surface area contributed by atoms with Gasteiger partial charge in [-0.3, -0.25) is 9.78 Å². The van der Waals surface area contributed by atoms with Crippen LogP contribution in [0.1, 0.15) is 18.4 Å². The Morgan fingerprint density at radius 2 is 2.48 bits per heavy atom. The third kappa shape index (κ3) is 4.95. The van der Waals surface area contributed by atoms with Crippen LogP contribution in [0.2, 0.25) is 5.02 Å². The van der Waals surface area contributed by atoms with Crippen LogP contribution in [-0.2, 0) is 16.0 Å². The molecular formula is C15H21ClN2O3. The van der Waals surface area contributed by atoms with Gasteiger partial charge in [0.1, 0.15) is 0 Å². The molecule has 0 aromatic carbocycles. The highest BCUT2D eigenvalue weighted by atomic mass is 35.5. The number of nitrogens with zero attached hydrogens (tertiary/aromatic N) is 1. The number of pyridine rings is 1. The number of rotatable bonds is 6. The number of aromatic nitrogens is 1. The molecule has 0 aliphatic carbocycles. The molecule has 5 nitrogen and oxygen atoms in total. The molecule has 1 fully saturated rings. The van der Waals surface area contributed by atoms with E-state index in [0.717, 1.165) is 25.0 Å². The van der Waals surface area contributed by atoms with E-state index in [1.807, 2.05) is 6.07 Å². The summed E-state index contributed by atoms with van der Waals surface area (Å²) in [4.78, 5) is 16.0. The number of nitrogens with one attached hydrogen (secondary N) is 1. The van der Waals surface area contributed by atoms with Crippen molar-refractivity contribution in [3.63, 3.8) is 0 Å². The van der Waals surface area contributed by atoms with Crippen LogP contribution in [0.25, 0.3) is 0 Å². The normalized spacial score (nSPS) is 20.0. The Labute approximate surface area is 129 Å². The van der Waals surface area contributed by atoms with Gasteiger partial charge in [-0.2, -0.15) is 0 Å². The average Bonchev–Trinajstić information content (AvgIpc) is 2.53. The molecule has 1 aliphatic rings. The first kappa shape index (κ1) is 16.2. The molecule has 0 radical (unpaired) electrons. The minimum Gasteiger partial charge on any atom is -0.396 e. The monoisotopic (exact) mass is 312 g/mol. The highest BCUT2D eigenvalue weighted by Gasteiger charge is 2.22. The zero-order chi connectivity index (χ0) is 15.1. The van der Waals surface area contributed by atoms with E-state index in [1.54, 1.807) is 12.4 Å². The Morgan fingerprint density at radius 3 is 3.14 bits per heavy atom. The number of aliphatic hydroxyl groups excluding tert-OH is 1. The summed E-state index contributed by atoms with van der Waals surface area (Å²) in [6.07, 6.45) is 5.66. The van der Waals surface area contributed by atoms with Crippen molar-refractivity contribution in [2.24, 2.45) is 11.8 Å². The van der Waals surface area contributed by atoms with Gasteiger partial charge in [-0.15, -0.1) is 0 Å². The van der Waals surface area contributed by atoms with E-state index in [2.05, 4.69) is 10.3 Å². The van der Waals surface area contributed by atoms with Crippen molar-refractivity contribution in [2.45, 2.75) is 19.3 Å². The standard InChI is InChI=1S/C15H21ClN2O3/c16-14-8-17-4-3-12(14)6-11(9-19)7-18-15(20)13-2-1-5-21-10-13/h3-4,8,11,13,19H,1-2,5-7,9-10H2,(H,18,20)/t11-,13+/m1/s1. The molecule has 2 atom stereocenters. The number of ether oxygens (including phenoxy) is 1. The van der Waals surface area contributed by atoms with Gasteiger partial charge in [0.05, 0.1) is 17.5 Å². The Hall–Kier alpha value is -1.17. The number of carbonyl (C=O) groups excluding carboxylic acids is 1. The molecule has 0 saturated carbocycles. The van der Waals surface area contributed by atoms with Crippen molar-refractivity contribution in [1.82, 2.24) is 10.3 Å². The molecule has 6 heteroatoms. The topological polar surface area (TPSA) is 71.5 Å². The van der Waals surface area contributed by atoms with Gasteiger partial charge in [-0.25, -0.2) is 0 Å². The summed E-state index contributed by atoms with van der Waals surface area (Å²) < 4.78 is 5.31. The van der Waals surface area contributed by atoms with E-state index >= 15 is 0 Å². The van der Waals surface area contributed by atoms with Crippen molar-refractivity contribution < 1.29 is 14.6 Å². The lowest BCUT2D eigenvalue weighted by atomic mass is 9.99. The smallest absolute Gasteiger partial charge is 0.225 e. The highest BCUT2D eigenvalue weighted by molar-refractivity contribution is 6.31. The van der Waals surface area contributed by atoms with E-state index in [9.17, 15) is 9.90 Å². The molecule has 1 aliphatic heterocycles. The van der Waals surface area contributed by atoms with E-state index < -0.39 is 0 Å². The third-order valence-electron chi connectivity index (χ3n) is 3.72. The zero-order valence-corrected chi connectivity index (χ0v) is 12.7. The molecule has 1 amide bonds. The second kappa shape index (κ2) is 8.32. The van der Waals surface area contributed by atoms with Gasteiger partial charge in [0.2, 0.25) is 5.91 Å². The molecule has 1 saturated heterocycles. The summed E-state index contributed by atoms with van der Waals surface area (Å²) in [5.41, 5.74) is 0.931. The number of halogens is 1. The summed E-state index contributed by atoms with van der Waals surface area (Å²) in [6.45, 7) is 1.67. The highest BCUT2D eigenvalue weighted by Crippen LogP contribution is 2.18. The molecule has 2 N–H and O–H groups in total. The SMILES string of the molecule is O=C(NC[C@H](CO)Cc1ccncc1Cl)[C@H]1CCCOC1. The fraction of sp³-hybridized carbons (Fsp3) is 0.600. The number of hydrogen-bond donors (Lipinski definition) is 2. The molecular weight excluding hydrogens is 292 g/mol. The van der Waals surface area contributed by atoms with Crippen LogP contribution >= 0.6 is 11.6 Å². The average molecular weight is 313 g/mol. The van der Waals surface area contributed by atoms with Gasteiger partial charge in [0.15, 0.2) is 0 Å². The van der Waals surface area contributed by atoms with Gasteiger partial charge < -0.3 is 15.2 Å². The van der Waals surface area contributed by atoms with Crippen molar-refractivity contribution in [3.8, 4) is 0 Å². The van der Waals surface area contributed by atoms with E-state index in [4.69, 9.17) is 16.3 Å². The predicted molar refractivity (Wildman–Crippen MR) is 80.1 cm³/mol. The lowest BCUT2D eigenvalue weighted by molar-refractivity contribution is -0.129. The molecule has 116 valence electrons. The summed E-state index contributed by atoms with van der Waals surface area (Å²) in [5.74, 6) is -0.116. The first-order valence-electron chi connectivity index (χ1n) is 7.25. The molecule has 1 aromatic heterocycles. The Bertz CT molecular complexity index is 464. The van der Waals surface area contributed by atoms with Crippen LogP contribution in [0.15, 0.2) is 18.5 Å². The fourth-order valence-corrected chi connectivity index (χ4v) is 2.62. The van der Waals surface area contributed by atoms with E-state index in [1.165, 1.54) is 0 Å². The van der Waals surface area contributed by atoms with Crippen LogP contribution in [0.5, 0.6) is 0 Å². The van der Waals surface area contributed by atoms with Crippen LogP contribution in [0, 0.1) is 11.8 Å². The van der Waals surface area contributed by atoms with Crippen LogP contribution in [0.4, 0.5) is 0 Å². The maximum Gasteiger partial charge on any atom is 0.225 e. The number of hydrogen-bond acceptors (Lipinski definition) is 4. The lowest BCUT2D eigenvalue weighted by Crippen LogP contribution is -2.39. The second-order valence-electron chi connectivity index (χ2n) is 5.38. The fourth-order valence-electron chi connectivity index (χ4n) is 2.42. The van der Waals surface area contributed by atoms with Gasteiger partial charge >= 0.3 is 0 Å². The number of amides is 1. The Balaban J connectivity index is 1.82. The van der Waals surface area contributed by atoms with E-state index in [0.29, 0.717) is 24.6 Å². The van der Waals surface area contributed by atoms with Crippen LogP contribution in [-0.4, -0.2) is 42.4 Å². The molecule has 0 bridgehead atoms. The first-order valence-corrected chi connectivity index (χ1v) is 7.63. The summed E-state index contributed by atoms with van der Waals surface area (Å²) >= 11 is 6.06. The molecule has 1 aromatic rings. The van der Waals surface area contributed by atoms with Crippen molar-refractivity contribution >= 4 is 17.5 Å². The summed E-state index contributed by atoms with van der Waals surface area (Å²) in [5, 5.41) is 13.0. The minimum atomic E-state index is -0.0670. The summed E-state index contributed by atoms with van der Waals surface area (Å²) in [7, 11) is 0. The Morgan fingerprint density at radius 1 is 1.62 bits per heavy atom. The number of carbonyl (C=O) groups is 1. The quantitative estimate of drug-likeness (QED) is 0.833. The molecule has 0 spiro atoms. The van der Waals surface area contributed by atoms with E-state index in [-0.39, 0.29) is 24.3 Å². The predicted octanol–water partition coefficient (Wildman–Crippen LogP) is 1.43. The van der Waals surface area contributed by atoms with Gasteiger partial charge in [-0.05, 0) is 30.9 Å². The second-order valence-corrected chi connectivity index (χ2v) is 5.79. The minimum absolute atomic E-state index is 0.0000976. The van der Waals surface area contributed by atoms with Crippen LogP contribution in [0.3, 0.4) is 0 Å². The molecule has 0 unspecified atom stereocenters. The number of aliphatic hydroxyl groups is 1. The molecule has 2 rings (SSSR count).